The number of likely N-dealkylation sites (N-methyl/N-ethyl adjacent to an activating group) is 1. The summed E-state index contributed by atoms with van der Waals surface area (Å²) in [7, 11) is 3.82. The third kappa shape index (κ3) is 8.56. The Morgan fingerprint density at radius 1 is 0.950 bits per heavy atom. The van der Waals surface area contributed by atoms with Gasteiger partial charge in [-0.1, -0.05) is 48.5 Å². The molecule has 0 fully saturated rings. The lowest BCUT2D eigenvalue weighted by Crippen LogP contribution is -2.52. The summed E-state index contributed by atoms with van der Waals surface area (Å²) in [6, 6.07) is 17.6. The van der Waals surface area contributed by atoms with Crippen molar-refractivity contribution in [1.29, 1.82) is 0 Å². The number of quaternary nitrogens is 1. The molecule has 0 aliphatic heterocycles. The number of aryl methyl sites for hydroxylation is 2. The molecule has 216 valence electrons. The molecular weight excluding hydrogens is 504 g/mol. The predicted octanol–water partition coefficient (Wildman–Crippen LogP) is 1.24. The van der Waals surface area contributed by atoms with Crippen LogP contribution in [0.2, 0.25) is 0 Å². The van der Waals surface area contributed by atoms with Crippen LogP contribution in [0.25, 0.3) is 10.9 Å². The first-order valence-corrected chi connectivity index (χ1v) is 14.1. The summed E-state index contributed by atoms with van der Waals surface area (Å²) >= 11 is 0. The van der Waals surface area contributed by atoms with E-state index in [0.717, 1.165) is 47.0 Å². The first-order valence-electron chi connectivity index (χ1n) is 14.1. The van der Waals surface area contributed by atoms with Crippen LogP contribution in [0.15, 0.2) is 65.5 Å². The summed E-state index contributed by atoms with van der Waals surface area (Å²) in [5.74, 6) is -0.566. The Labute approximate surface area is 236 Å². The van der Waals surface area contributed by atoms with Crippen molar-refractivity contribution in [3.8, 4) is 0 Å². The molecule has 3 aromatic rings. The highest BCUT2D eigenvalue weighted by Gasteiger charge is 2.26. The van der Waals surface area contributed by atoms with Crippen LogP contribution in [0, 0.1) is 0 Å². The number of carbonyl (C=O) groups is 2. The van der Waals surface area contributed by atoms with Crippen molar-refractivity contribution in [2.24, 2.45) is 24.2 Å². The van der Waals surface area contributed by atoms with Crippen LogP contribution < -0.4 is 28.1 Å². The molecule has 9 heteroatoms. The highest BCUT2D eigenvalue weighted by atomic mass is 16.2. The monoisotopic (exact) mass is 549 g/mol. The minimum absolute atomic E-state index is 0.0690. The van der Waals surface area contributed by atoms with E-state index < -0.39 is 12.1 Å². The largest absolute Gasteiger partial charge is 0.345 e. The van der Waals surface area contributed by atoms with E-state index in [4.69, 9.17) is 17.2 Å². The zero-order chi connectivity index (χ0) is 29.1. The first-order chi connectivity index (χ1) is 19.2. The molecule has 7 N–H and O–H groups in total. The number of fused-ring (bicyclic) bond motifs is 1. The van der Waals surface area contributed by atoms with Crippen molar-refractivity contribution in [3.05, 3.63) is 82.1 Å². The van der Waals surface area contributed by atoms with E-state index in [9.17, 15) is 14.4 Å². The molecule has 0 radical (unpaired) electrons. The van der Waals surface area contributed by atoms with E-state index >= 15 is 0 Å². The van der Waals surface area contributed by atoms with Crippen molar-refractivity contribution in [1.82, 2.24) is 9.88 Å². The third-order valence-electron chi connectivity index (χ3n) is 7.73. The third-order valence-corrected chi connectivity index (χ3v) is 7.73. The van der Waals surface area contributed by atoms with Crippen LogP contribution in [-0.4, -0.2) is 72.6 Å². The number of para-hydroxylation sites is 1. The number of ketones is 1. The lowest BCUT2D eigenvalue weighted by molar-refractivity contribution is -0.907. The number of rotatable bonds is 16. The Kier molecular flexibility index (Phi) is 11.6. The summed E-state index contributed by atoms with van der Waals surface area (Å²) in [6.07, 6.45) is 2.18. The van der Waals surface area contributed by atoms with E-state index in [-0.39, 0.29) is 23.7 Å². The second-order valence-corrected chi connectivity index (χ2v) is 10.9. The zero-order valence-electron chi connectivity index (χ0n) is 23.9. The molecule has 1 aromatic heterocycles. The highest BCUT2D eigenvalue weighted by Crippen LogP contribution is 2.15. The highest BCUT2D eigenvalue weighted by molar-refractivity contribution is 5.92. The standard InChI is InChI=1S/C31H44N6O3/c1-36-28-13-7-6-11-24(28)21-25(31(36)40)22-29(38)27(15-14-23-9-4-3-5-10-23)35-30(39)26(34)12-8-18-37(2,19-16-32)20-17-33/h3-7,9-11,13,21,26-27H,8,12,14-20,22,32-34H2,1-2H3/p+1/t26-,27-/m0/s1. The summed E-state index contributed by atoms with van der Waals surface area (Å²) in [5, 5.41) is 3.79. The number of nitrogens with zero attached hydrogens (tertiary/aromatic N) is 2. The molecule has 1 amide bonds. The molecule has 0 bridgehead atoms. The van der Waals surface area contributed by atoms with Gasteiger partial charge >= 0.3 is 0 Å². The average Bonchev–Trinajstić information content (AvgIpc) is 2.94. The second-order valence-electron chi connectivity index (χ2n) is 10.9. The van der Waals surface area contributed by atoms with Crippen LogP contribution in [0.3, 0.4) is 0 Å². The van der Waals surface area contributed by atoms with Crippen LogP contribution >= 0.6 is 0 Å². The van der Waals surface area contributed by atoms with Crippen molar-refractivity contribution in [2.45, 2.75) is 44.2 Å². The molecule has 1 heterocycles. The molecule has 3 rings (SSSR count). The van der Waals surface area contributed by atoms with E-state index in [1.807, 2.05) is 54.6 Å². The number of hydrogen-bond donors (Lipinski definition) is 4. The Morgan fingerprint density at radius 2 is 1.60 bits per heavy atom. The smallest absolute Gasteiger partial charge is 0.254 e. The Morgan fingerprint density at radius 3 is 2.27 bits per heavy atom. The topological polar surface area (TPSA) is 146 Å². The lowest BCUT2D eigenvalue weighted by Gasteiger charge is -2.34. The number of Topliss-reactive ketones (excluding diaryl/α,β-unsaturated/α-hetero) is 1. The SMILES string of the molecule is Cn1c(=O)c(CC(=O)[C@H](CCc2ccccc2)NC(=O)[C@@H](N)CCC[N+](C)(CCN)CCN)cc2ccccc21. The zero-order valence-corrected chi connectivity index (χ0v) is 23.9. The van der Waals surface area contributed by atoms with Gasteiger partial charge in [0.25, 0.3) is 5.56 Å². The molecule has 2 atom stereocenters. The number of nitrogens with one attached hydrogen (secondary N) is 1. The van der Waals surface area contributed by atoms with Gasteiger partial charge in [0.15, 0.2) is 5.78 Å². The molecule has 0 spiro atoms. The normalized spacial score (nSPS) is 13.2. The predicted molar refractivity (Wildman–Crippen MR) is 161 cm³/mol. The van der Waals surface area contributed by atoms with Gasteiger partial charge in [0.2, 0.25) is 5.91 Å². The fourth-order valence-electron chi connectivity index (χ4n) is 5.26. The van der Waals surface area contributed by atoms with E-state index in [2.05, 4.69) is 12.4 Å². The van der Waals surface area contributed by atoms with Crippen LogP contribution in [0.1, 0.15) is 30.4 Å². The number of pyridine rings is 1. The van der Waals surface area contributed by atoms with E-state index in [0.29, 0.717) is 37.9 Å². The van der Waals surface area contributed by atoms with Gasteiger partial charge in [-0.25, -0.2) is 0 Å². The number of hydrogen-bond acceptors (Lipinski definition) is 6. The van der Waals surface area contributed by atoms with Crippen molar-refractivity contribution in [2.75, 3.05) is 39.8 Å². The summed E-state index contributed by atoms with van der Waals surface area (Å²) in [5.41, 5.74) is 19.9. The van der Waals surface area contributed by atoms with Gasteiger partial charge in [-0.3, -0.25) is 14.4 Å². The minimum atomic E-state index is -0.759. The van der Waals surface area contributed by atoms with Crippen LogP contribution in [-0.2, 0) is 29.5 Å². The molecule has 0 aliphatic carbocycles. The number of amides is 1. The molecule has 0 saturated carbocycles. The van der Waals surface area contributed by atoms with Crippen LogP contribution in [0.5, 0.6) is 0 Å². The van der Waals surface area contributed by atoms with Gasteiger partial charge in [0, 0.05) is 32.1 Å². The maximum Gasteiger partial charge on any atom is 0.254 e. The quantitative estimate of drug-likeness (QED) is 0.198. The van der Waals surface area contributed by atoms with Gasteiger partial charge in [-0.2, -0.15) is 0 Å². The van der Waals surface area contributed by atoms with Crippen molar-refractivity contribution >= 4 is 22.6 Å². The lowest BCUT2D eigenvalue weighted by atomic mass is 9.97. The van der Waals surface area contributed by atoms with Crippen molar-refractivity contribution < 1.29 is 14.1 Å². The van der Waals surface area contributed by atoms with Gasteiger partial charge in [-0.05, 0) is 48.8 Å². The number of nitrogens with two attached hydrogens (primary N) is 3. The summed E-state index contributed by atoms with van der Waals surface area (Å²) in [6.45, 7) is 3.56. The van der Waals surface area contributed by atoms with Crippen molar-refractivity contribution in [3.63, 3.8) is 0 Å². The molecule has 9 nitrogen and oxygen atoms in total. The van der Waals surface area contributed by atoms with Gasteiger partial charge in [-0.15, -0.1) is 0 Å². The fraction of sp³-hybridized carbons (Fsp3) is 0.452. The Balaban J connectivity index is 1.71. The van der Waals surface area contributed by atoms with Gasteiger partial charge < -0.3 is 31.6 Å². The number of benzene rings is 2. The number of aromatic nitrogens is 1. The molecule has 2 aromatic carbocycles. The molecule has 0 unspecified atom stereocenters. The summed E-state index contributed by atoms with van der Waals surface area (Å²) in [4.78, 5) is 39.7. The van der Waals surface area contributed by atoms with Crippen LogP contribution in [0.4, 0.5) is 0 Å². The molecule has 0 saturated heterocycles. The minimum Gasteiger partial charge on any atom is -0.345 e. The maximum atomic E-state index is 13.6. The summed E-state index contributed by atoms with van der Waals surface area (Å²) < 4.78 is 2.30. The molecule has 0 aliphatic rings. The maximum absolute atomic E-state index is 13.6. The molecular formula is C31H45N6O3+. The average molecular weight is 550 g/mol. The second kappa shape index (κ2) is 14.9. The van der Waals surface area contributed by atoms with Gasteiger partial charge in [0.05, 0.1) is 44.3 Å². The first kappa shape index (κ1) is 31.2. The Hall–Kier alpha value is -3.37. The molecule has 40 heavy (non-hydrogen) atoms. The fourth-order valence-corrected chi connectivity index (χ4v) is 5.26. The van der Waals surface area contributed by atoms with E-state index in [1.54, 1.807) is 17.7 Å². The van der Waals surface area contributed by atoms with E-state index in [1.165, 1.54) is 0 Å². The van der Waals surface area contributed by atoms with Gasteiger partial charge in [0.1, 0.15) is 0 Å². The number of carbonyl (C=O) groups excluding carboxylic acids is 2. The Bertz CT molecular complexity index is 1320.